The number of aryl methyl sites for hydroxylation is 2. The molecule has 0 bridgehead atoms. The predicted octanol–water partition coefficient (Wildman–Crippen LogP) is 4.86. The van der Waals surface area contributed by atoms with Crippen LogP contribution in [0.4, 0.5) is 0 Å². The van der Waals surface area contributed by atoms with Gasteiger partial charge in [0.2, 0.25) is 12.7 Å². The first kappa shape index (κ1) is 26.3. The molecule has 38 heavy (non-hydrogen) atoms. The summed E-state index contributed by atoms with van der Waals surface area (Å²) in [5.41, 5.74) is 3.70. The molecular weight excluding hydrogens is 498 g/mol. The van der Waals surface area contributed by atoms with E-state index in [1.54, 1.807) is 16.2 Å². The first-order chi connectivity index (χ1) is 18.5. The van der Waals surface area contributed by atoms with Crippen molar-refractivity contribution < 1.29 is 19.1 Å². The van der Waals surface area contributed by atoms with E-state index in [9.17, 15) is 9.59 Å². The smallest absolute Gasteiger partial charge is 0.254 e. The van der Waals surface area contributed by atoms with E-state index in [0.717, 1.165) is 41.4 Å². The van der Waals surface area contributed by atoms with Crippen LogP contribution in [0.25, 0.3) is 0 Å². The SMILES string of the molecule is Cc1ccccc1C(=O)N(CCN1CCCC1)CC(=O)N(Cc1ccc2c(c1)OCO2)Cc1sccc1C. The van der Waals surface area contributed by atoms with Gasteiger partial charge in [0.15, 0.2) is 11.5 Å². The van der Waals surface area contributed by atoms with Crippen LogP contribution in [0.15, 0.2) is 53.9 Å². The fraction of sp³-hybridized carbons (Fsp3) is 0.400. The number of carbonyl (C=O) groups is 2. The summed E-state index contributed by atoms with van der Waals surface area (Å²) >= 11 is 1.65. The lowest BCUT2D eigenvalue weighted by atomic mass is 10.1. The standard InChI is InChI=1S/C30H35N3O4S/c1-22-7-3-4-8-25(22)30(35)32(15-14-31-12-5-6-13-31)20-29(34)33(19-28-23(2)11-16-38-28)18-24-9-10-26-27(17-24)37-21-36-26/h3-4,7-11,16-17H,5-6,12-15,18-21H2,1-2H3. The highest BCUT2D eigenvalue weighted by Crippen LogP contribution is 2.33. The zero-order valence-electron chi connectivity index (χ0n) is 22.2. The zero-order chi connectivity index (χ0) is 26.5. The van der Waals surface area contributed by atoms with Gasteiger partial charge in [0.1, 0.15) is 6.54 Å². The van der Waals surface area contributed by atoms with Crippen LogP contribution in [0, 0.1) is 13.8 Å². The minimum atomic E-state index is -0.0917. The number of carbonyl (C=O) groups excluding carboxylic acids is 2. The molecule has 2 amide bonds. The van der Waals surface area contributed by atoms with E-state index in [-0.39, 0.29) is 25.2 Å². The van der Waals surface area contributed by atoms with Crippen LogP contribution in [-0.4, -0.2) is 66.0 Å². The molecule has 0 unspecified atom stereocenters. The normalized spacial score (nSPS) is 14.6. The number of ether oxygens (including phenoxy) is 2. The Bertz CT molecular complexity index is 1280. The molecule has 1 aromatic heterocycles. The lowest BCUT2D eigenvalue weighted by Crippen LogP contribution is -2.45. The molecule has 0 saturated carbocycles. The summed E-state index contributed by atoms with van der Waals surface area (Å²) in [6.07, 6.45) is 2.38. The van der Waals surface area contributed by atoms with Crippen LogP contribution in [-0.2, 0) is 17.9 Å². The number of thiophene rings is 1. The van der Waals surface area contributed by atoms with Gasteiger partial charge in [-0.3, -0.25) is 9.59 Å². The summed E-state index contributed by atoms with van der Waals surface area (Å²) in [6.45, 7) is 8.58. The van der Waals surface area contributed by atoms with Gasteiger partial charge in [-0.05, 0) is 86.1 Å². The van der Waals surface area contributed by atoms with Gasteiger partial charge in [-0.1, -0.05) is 24.3 Å². The van der Waals surface area contributed by atoms with E-state index >= 15 is 0 Å². The molecule has 7 nitrogen and oxygen atoms in total. The Morgan fingerprint density at radius 3 is 2.47 bits per heavy atom. The summed E-state index contributed by atoms with van der Waals surface area (Å²) in [5.74, 6) is 1.26. The molecule has 3 aromatic rings. The van der Waals surface area contributed by atoms with Crippen LogP contribution >= 0.6 is 11.3 Å². The van der Waals surface area contributed by atoms with Crippen LogP contribution in [0.5, 0.6) is 11.5 Å². The summed E-state index contributed by atoms with van der Waals surface area (Å²) in [7, 11) is 0. The van der Waals surface area contributed by atoms with Crippen molar-refractivity contribution in [1.29, 1.82) is 0 Å². The van der Waals surface area contributed by atoms with E-state index in [4.69, 9.17) is 9.47 Å². The molecule has 3 heterocycles. The molecule has 1 saturated heterocycles. The number of amides is 2. The maximum atomic E-state index is 13.9. The molecule has 0 atom stereocenters. The summed E-state index contributed by atoms with van der Waals surface area (Å²) in [5, 5.41) is 2.05. The molecule has 0 aliphatic carbocycles. The van der Waals surface area contributed by atoms with Crippen LogP contribution in [0.3, 0.4) is 0 Å². The molecule has 1 fully saturated rings. The molecule has 2 aliphatic rings. The Morgan fingerprint density at radius 1 is 0.921 bits per heavy atom. The minimum Gasteiger partial charge on any atom is -0.454 e. The van der Waals surface area contributed by atoms with Gasteiger partial charge in [0, 0.05) is 30.1 Å². The van der Waals surface area contributed by atoms with Crippen molar-refractivity contribution in [2.45, 2.75) is 39.8 Å². The predicted molar refractivity (Wildman–Crippen MR) is 149 cm³/mol. The lowest BCUT2D eigenvalue weighted by molar-refractivity contribution is -0.133. The minimum absolute atomic E-state index is 0.0377. The molecular formula is C30H35N3O4S. The molecule has 200 valence electrons. The van der Waals surface area contributed by atoms with E-state index < -0.39 is 0 Å². The highest BCUT2D eigenvalue weighted by Gasteiger charge is 2.26. The fourth-order valence-corrected chi connectivity index (χ4v) is 5.92. The van der Waals surface area contributed by atoms with Crippen molar-refractivity contribution >= 4 is 23.2 Å². The molecule has 8 heteroatoms. The number of rotatable bonds is 10. The van der Waals surface area contributed by atoms with Gasteiger partial charge in [0.25, 0.3) is 5.91 Å². The second-order valence-electron chi connectivity index (χ2n) is 10.1. The van der Waals surface area contributed by atoms with Gasteiger partial charge >= 0.3 is 0 Å². The second kappa shape index (κ2) is 12.0. The Hall–Kier alpha value is -3.36. The maximum absolute atomic E-state index is 13.9. The summed E-state index contributed by atoms with van der Waals surface area (Å²) < 4.78 is 11.0. The topological polar surface area (TPSA) is 62.3 Å². The number of fused-ring (bicyclic) bond motifs is 1. The number of benzene rings is 2. The Labute approximate surface area is 228 Å². The van der Waals surface area contributed by atoms with Gasteiger partial charge in [0.05, 0.1) is 6.54 Å². The molecule has 0 spiro atoms. The van der Waals surface area contributed by atoms with Crippen molar-refractivity contribution in [1.82, 2.24) is 14.7 Å². The van der Waals surface area contributed by atoms with E-state index in [0.29, 0.717) is 30.9 Å². The number of likely N-dealkylation sites (tertiary alicyclic amines) is 1. The Kier molecular flexibility index (Phi) is 8.29. The van der Waals surface area contributed by atoms with Gasteiger partial charge in [-0.15, -0.1) is 11.3 Å². The second-order valence-corrected chi connectivity index (χ2v) is 11.1. The Morgan fingerprint density at radius 2 is 1.71 bits per heavy atom. The van der Waals surface area contributed by atoms with Crippen LogP contribution in [0.1, 0.15) is 44.8 Å². The first-order valence-corrected chi connectivity index (χ1v) is 14.1. The van der Waals surface area contributed by atoms with Gasteiger partial charge < -0.3 is 24.2 Å². The van der Waals surface area contributed by atoms with Crippen molar-refractivity contribution in [3.63, 3.8) is 0 Å². The number of nitrogens with zero attached hydrogens (tertiary/aromatic N) is 3. The molecule has 0 N–H and O–H groups in total. The third kappa shape index (κ3) is 6.19. The summed E-state index contributed by atoms with van der Waals surface area (Å²) in [4.78, 5) is 34.7. The van der Waals surface area contributed by atoms with Gasteiger partial charge in [-0.25, -0.2) is 0 Å². The molecule has 5 rings (SSSR count). The number of hydrogen-bond acceptors (Lipinski definition) is 6. The third-order valence-corrected chi connectivity index (χ3v) is 8.35. The Balaban J connectivity index is 1.37. The van der Waals surface area contributed by atoms with E-state index in [2.05, 4.69) is 23.3 Å². The van der Waals surface area contributed by atoms with Crippen molar-refractivity contribution in [2.75, 3.05) is 39.5 Å². The molecule has 2 aromatic carbocycles. The quantitative estimate of drug-likeness (QED) is 0.373. The van der Waals surface area contributed by atoms with Crippen molar-refractivity contribution in [3.05, 3.63) is 81.0 Å². The van der Waals surface area contributed by atoms with E-state index in [1.165, 1.54) is 18.4 Å². The average molecular weight is 534 g/mol. The van der Waals surface area contributed by atoms with Crippen LogP contribution < -0.4 is 9.47 Å². The lowest BCUT2D eigenvalue weighted by Gasteiger charge is -2.29. The number of hydrogen-bond donors (Lipinski definition) is 0. The average Bonchev–Trinajstić information content (AvgIpc) is 3.69. The molecule has 0 radical (unpaired) electrons. The first-order valence-electron chi connectivity index (χ1n) is 13.2. The maximum Gasteiger partial charge on any atom is 0.254 e. The largest absolute Gasteiger partial charge is 0.454 e. The van der Waals surface area contributed by atoms with Crippen molar-refractivity contribution in [3.8, 4) is 11.5 Å². The van der Waals surface area contributed by atoms with Crippen molar-refractivity contribution in [2.24, 2.45) is 0 Å². The fourth-order valence-electron chi connectivity index (χ4n) is 5.00. The zero-order valence-corrected chi connectivity index (χ0v) is 23.0. The highest BCUT2D eigenvalue weighted by atomic mass is 32.1. The van der Waals surface area contributed by atoms with E-state index in [1.807, 2.05) is 54.3 Å². The summed E-state index contributed by atoms with van der Waals surface area (Å²) in [6, 6.07) is 15.5. The van der Waals surface area contributed by atoms with Crippen LogP contribution in [0.2, 0.25) is 0 Å². The third-order valence-electron chi connectivity index (χ3n) is 7.34. The highest BCUT2D eigenvalue weighted by molar-refractivity contribution is 7.10. The monoisotopic (exact) mass is 533 g/mol. The van der Waals surface area contributed by atoms with Gasteiger partial charge in [-0.2, -0.15) is 0 Å². The molecule has 2 aliphatic heterocycles.